The van der Waals surface area contributed by atoms with Crippen molar-refractivity contribution in [2.24, 2.45) is 0 Å². The van der Waals surface area contributed by atoms with Crippen LogP contribution in [0.4, 0.5) is 0 Å². The van der Waals surface area contributed by atoms with Crippen molar-refractivity contribution < 1.29 is 0 Å². The van der Waals surface area contributed by atoms with E-state index in [-0.39, 0.29) is 0 Å². The first-order valence-electron chi connectivity index (χ1n) is 9.67. The lowest BCUT2D eigenvalue weighted by molar-refractivity contribution is 1.35. The fourth-order valence-electron chi connectivity index (χ4n) is 4.94. The standard InChI is InChI=1S/C25H12B2N2/c26-22-17-10-9-16-15-7-3-4-8-19(15)29-20-12-14-6-2-1-5-13(14)11-18(20)23(28-25(22)27)21(17)24(16)29/h1-12H. The molecule has 4 heteroatoms. The molecule has 2 nitrogen and oxygen atoms in total. The molecule has 0 aliphatic rings. The van der Waals surface area contributed by atoms with Crippen LogP contribution in [0.15, 0.2) is 72.8 Å². The monoisotopic (exact) mass is 362 g/mol. The molecule has 0 aliphatic carbocycles. The zero-order valence-electron chi connectivity index (χ0n) is 15.5. The SMILES string of the molecule is [B]c1nc2c3cc4ccccc4cc3n3c4ccccc4c4ccc(c1[B])c2c43. The summed E-state index contributed by atoms with van der Waals surface area (Å²) in [6.45, 7) is 0. The molecule has 0 fully saturated rings. The Morgan fingerprint density at radius 3 is 2.24 bits per heavy atom. The van der Waals surface area contributed by atoms with Gasteiger partial charge in [0.2, 0.25) is 0 Å². The highest BCUT2D eigenvalue weighted by Crippen LogP contribution is 2.40. The number of aromatic nitrogens is 2. The number of hydrogen-bond acceptors (Lipinski definition) is 1. The highest BCUT2D eigenvalue weighted by atomic mass is 14.9. The largest absolute Gasteiger partial charge is 0.308 e. The molecule has 4 aromatic carbocycles. The molecule has 0 saturated heterocycles. The number of nitrogens with zero attached hydrogens (tertiary/aromatic N) is 2. The average molecular weight is 362 g/mol. The number of benzene rings is 4. The van der Waals surface area contributed by atoms with Crippen LogP contribution in [-0.4, -0.2) is 25.1 Å². The average Bonchev–Trinajstić information content (AvgIpc) is 3.10. The van der Waals surface area contributed by atoms with Gasteiger partial charge >= 0.3 is 0 Å². The molecular formula is C25H12B2N2. The highest BCUT2D eigenvalue weighted by Gasteiger charge is 2.20. The predicted molar refractivity (Wildman–Crippen MR) is 125 cm³/mol. The highest BCUT2D eigenvalue weighted by molar-refractivity contribution is 6.53. The van der Waals surface area contributed by atoms with Crippen molar-refractivity contribution in [3.05, 3.63) is 72.8 Å². The van der Waals surface area contributed by atoms with E-state index in [0.29, 0.717) is 11.1 Å². The number of fused-ring (bicyclic) bond motifs is 7. The summed E-state index contributed by atoms with van der Waals surface area (Å²) in [5.41, 5.74) is 5.32. The lowest BCUT2D eigenvalue weighted by Gasteiger charge is -2.16. The van der Waals surface area contributed by atoms with Crippen LogP contribution in [0.2, 0.25) is 0 Å². The molecule has 29 heavy (non-hydrogen) atoms. The van der Waals surface area contributed by atoms with Gasteiger partial charge in [0.1, 0.15) is 15.7 Å². The molecule has 7 rings (SSSR count). The van der Waals surface area contributed by atoms with Crippen LogP contribution in [0.1, 0.15) is 0 Å². The van der Waals surface area contributed by atoms with E-state index < -0.39 is 0 Å². The van der Waals surface area contributed by atoms with Gasteiger partial charge in [0.05, 0.1) is 22.1 Å². The summed E-state index contributed by atoms with van der Waals surface area (Å²) in [6.07, 6.45) is 0. The van der Waals surface area contributed by atoms with Crippen molar-refractivity contribution in [3.8, 4) is 0 Å². The summed E-state index contributed by atoms with van der Waals surface area (Å²) in [4.78, 5) is 4.77. The predicted octanol–water partition coefficient (Wildman–Crippen LogP) is 4.13. The van der Waals surface area contributed by atoms with Gasteiger partial charge in [0.15, 0.2) is 0 Å². The van der Waals surface area contributed by atoms with Crippen LogP contribution in [0.5, 0.6) is 0 Å². The van der Waals surface area contributed by atoms with Crippen LogP contribution >= 0.6 is 0 Å². The second-order valence-corrected chi connectivity index (χ2v) is 7.71. The Morgan fingerprint density at radius 2 is 1.38 bits per heavy atom. The maximum atomic E-state index is 6.36. The lowest BCUT2D eigenvalue weighted by atomic mass is 9.80. The van der Waals surface area contributed by atoms with Gasteiger partial charge < -0.3 is 4.40 Å². The molecule has 0 aliphatic heterocycles. The third-order valence-corrected chi connectivity index (χ3v) is 6.23. The summed E-state index contributed by atoms with van der Waals surface area (Å²) in [5.74, 6) is 0. The van der Waals surface area contributed by atoms with E-state index in [9.17, 15) is 0 Å². The Morgan fingerprint density at radius 1 is 0.655 bits per heavy atom. The van der Waals surface area contributed by atoms with Crippen molar-refractivity contribution in [2.45, 2.75) is 0 Å². The number of para-hydroxylation sites is 1. The first kappa shape index (κ1) is 15.4. The Labute approximate surface area is 168 Å². The lowest BCUT2D eigenvalue weighted by Crippen LogP contribution is -2.29. The van der Waals surface area contributed by atoms with E-state index >= 15 is 0 Å². The molecular weight excluding hydrogens is 350 g/mol. The summed E-state index contributed by atoms with van der Waals surface area (Å²) in [7, 11) is 12.6. The van der Waals surface area contributed by atoms with E-state index in [1.807, 2.05) is 0 Å². The summed E-state index contributed by atoms with van der Waals surface area (Å²) in [5, 5.41) is 7.95. The molecule has 0 spiro atoms. The Hall–Kier alpha value is -3.52. The first-order valence-corrected chi connectivity index (χ1v) is 9.67. The number of rotatable bonds is 0. The van der Waals surface area contributed by atoms with Crippen molar-refractivity contribution in [1.82, 2.24) is 9.38 Å². The zero-order chi connectivity index (χ0) is 19.3. The maximum Gasteiger partial charge on any atom is 0.140 e. The molecule has 3 aromatic heterocycles. The normalized spacial score (nSPS) is 12.4. The van der Waals surface area contributed by atoms with Crippen LogP contribution in [0.25, 0.3) is 59.8 Å². The molecule has 128 valence electrons. The van der Waals surface area contributed by atoms with E-state index in [4.69, 9.17) is 20.7 Å². The van der Waals surface area contributed by atoms with Gasteiger partial charge in [-0.05, 0) is 40.0 Å². The van der Waals surface area contributed by atoms with Crippen molar-refractivity contribution >= 4 is 86.5 Å². The zero-order valence-corrected chi connectivity index (χ0v) is 15.5. The van der Waals surface area contributed by atoms with Gasteiger partial charge in [-0.15, -0.1) is 0 Å². The van der Waals surface area contributed by atoms with E-state index in [2.05, 4.69) is 77.2 Å². The van der Waals surface area contributed by atoms with Gasteiger partial charge in [-0.25, -0.2) is 0 Å². The third-order valence-electron chi connectivity index (χ3n) is 6.23. The van der Waals surface area contributed by atoms with Gasteiger partial charge in [-0.3, -0.25) is 4.98 Å². The minimum absolute atomic E-state index is 0.385. The van der Waals surface area contributed by atoms with Gasteiger partial charge in [0.25, 0.3) is 0 Å². The van der Waals surface area contributed by atoms with Gasteiger partial charge in [-0.1, -0.05) is 60.1 Å². The number of pyridine rings is 2. The molecule has 7 aromatic rings. The molecule has 0 amide bonds. The Bertz CT molecular complexity index is 1780. The first-order chi connectivity index (χ1) is 14.2. The minimum atomic E-state index is 0.385. The molecule has 0 atom stereocenters. The van der Waals surface area contributed by atoms with E-state index in [0.717, 1.165) is 32.7 Å². The van der Waals surface area contributed by atoms with Gasteiger partial charge in [0, 0.05) is 21.5 Å². The Kier molecular flexibility index (Phi) is 2.71. The topological polar surface area (TPSA) is 17.3 Å². The molecule has 0 N–H and O–H groups in total. The Balaban J connectivity index is 1.95. The van der Waals surface area contributed by atoms with Crippen LogP contribution in [0, 0.1) is 0 Å². The van der Waals surface area contributed by atoms with Crippen molar-refractivity contribution in [3.63, 3.8) is 0 Å². The molecule has 0 unspecified atom stereocenters. The molecule has 0 bridgehead atoms. The summed E-state index contributed by atoms with van der Waals surface area (Å²) in [6, 6.07) is 25.7. The quantitative estimate of drug-likeness (QED) is 0.225. The van der Waals surface area contributed by atoms with Crippen LogP contribution in [0.3, 0.4) is 0 Å². The fourth-order valence-corrected chi connectivity index (χ4v) is 4.94. The molecule has 4 radical (unpaired) electrons. The van der Waals surface area contributed by atoms with E-state index in [1.165, 1.54) is 27.1 Å². The maximum absolute atomic E-state index is 6.36. The fraction of sp³-hybridized carbons (Fsp3) is 0. The van der Waals surface area contributed by atoms with Crippen molar-refractivity contribution in [2.75, 3.05) is 0 Å². The second kappa shape index (κ2) is 5.09. The number of hydrogen-bond donors (Lipinski definition) is 0. The van der Waals surface area contributed by atoms with Crippen LogP contribution < -0.4 is 11.1 Å². The molecule has 0 saturated carbocycles. The minimum Gasteiger partial charge on any atom is -0.308 e. The second-order valence-electron chi connectivity index (χ2n) is 7.71. The summed E-state index contributed by atoms with van der Waals surface area (Å²) >= 11 is 0. The smallest absolute Gasteiger partial charge is 0.140 e. The molecule has 3 heterocycles. The van der Waals surface area contributed by atoms with Crippen molar-refractivity contribution in [1.29, 1.82) is 0 Å². The summed E-state index contributed by atoms with van der Waals surface area (Å²) < 4.78 is 2.36. The third kappa shape index (κ3) is 1.78. The van der Waals surface area contributed by atoms with E-state index in [1.54, 1.807) is 0 Å². The van der Waals surface area contributed by atoms with Gasteiger partial charge in [-0.2, -0.15) is 0 Å². The van der Waals surface area contributed by atoms with Crippen LogP contribution in [-0.2, 0) is 0 Å².